The van der Waals surface area contributed by atoms with Crippen molar-refractivity contribution in [3.05, 3.63) is 100 Å². The molecule has 1 amide bonds. The first-order valence-electron chi connectivity index (χ1n) is 13.3. The number of hydrogen-bond donors (Lipinski definition) is 1. The lowest BCUT2D eigenvalue weighted by Gasteiger charge is -2.36. The van der Waals surface area contributed by atoms with Gasteiger partial charge in [0, 0.05) is 54.7 Å². The van der Waals surface area contributed by atoms with Crippen molar-refractivity contribution >= 4 is 34.5 Å². The number of piperazine rings is 1. The summed E-state index contributed by atoms with van der Waals surface area (Å²) in [5, 5.41) is 3.76. The van der Waals surface area contributed by atoms with Crippen LogP contribution in [0.4, 0.5) is 24.5 Å². The molecule has 0 atom stereocenters. The Labute approximate surface area is 232 Å². The Morgan fingerprint density at radius 2 is 1.56 bits per heavy atom. The third-order valence-electron chi connectivity index (χ3n) is 7.46. The molecule has 3 aromatic carbocycles. The first-order valence-corrected chi connectivity index (χ1v) is 13.7. The van der Waals surface area contributed by atoms with Crippen LogP contribution < -0.4 is 10.2 Å². The molecule has 1 saturated heterocycles. The number of carbonyl (C=O) groups excluding carboxylic acids is 1. The highest BCUT2D eigenvalue weighted by Crippen LogP contribution is 2.35. The summed E-state index contributed by atoms with van der Waals surface area (Å²) in [4.78, 5) is 18.0. The number of carbonyl (C=O) groups is 1. The third-order valence-corrected chi connectivity index (χ3v) is 7.70. The molecule has 5 rings (SSSR count). The van der Waals surface area contributed by atoms with Gasteiger partial charge in [0.05, 0.1) is 5.56 Å². The Bertz CT molecular complexity index is 1330. The molecular formula is C31H31ClF3N3O. The molecule has 2 aliphatic rings. The van der Waals surface area contributed by atoms with Gasteiger partial charge in [0.1, 0.15) is 0 Å². The van der Waals surface area contributed by atoms with Gasteiger partial charge in [-0.05, 0) is 90.9 Å². The molecule has 0 radical (unpaired) electrons. The van der Waals surface area contributed by atoms with E-state index < -0.39 is 11.7 Å². The minimum Gasteiger partial charge on any atom is -0.369 e. The molecule has 0 unspecified atom stereocenters. The summed E-state index contributed by atoms with van der Waals surface area (Å²) in [7, 11) is 0. The summed E-state index contributed by atoms with van der Waals surface area (Å²) < 4.78 is 38.9. The van der Waals surface area contributed by atoms with Gasteiger partial charge in [-0.1, -0.05) is 35.9 Å². The SMILES string of the molecule is O=C(Nc1ccc(N2CCN(Cc3cccc(Cl)c3)CC2)cc1)C1=C(c2ccc(C(F)(F)F)cc2)CCCC1. The van der Waals surface area contributed by atoms with E-state index in [-0.39, 0.29) is 5.91 Å². The van der Waals surface area contributed by atoms with E-state index in [1.165, 1.54) is 17.7 Å². The van der Waals surface area contributed by atoms with Crippen LogP contribution in [0.1, 0.15) is 42.4 Å². The van der Waals surface area contributed by atoms with Gasteiger partial charge in [-0.15, -0.1) is 0 Å². The Kier molecular flexibility index (Phi) is 8.29. The van der Waals surface area contributed by atoms with Gasteiger partial charge in [-0.3, -0.25) is 9.69 Å². The number of nitrogens with one attached hydrogen (secondary N) is 1. The fourth-order valence-corrected chi connectivity index (χ4v) is 5.57. The zero-order valence-electron chi connectivity index (χ0n) is 21.6. The number of hydrogen-bond acceptors (Lipinski definition) is 3. The lowest BCUT2D eigenvalue weighted by atomic mass is 9.86. The number of benzene rings is 3. The Hall–Kier alpha value is -3.29. The van der Waals surface area contributed by atoms with E-state index in [2.05, 4.69) is 21.2 Å². The Morgan fingerprint density at radius 3 is 2.23 bits per heavy atom. The van der Waals surface area contributed by atoms with Gasteiger partial charge < -0.3 is 10.2 Å². The molecule has 3 aromatic rings. The molecule has 204 valence electrons. The second-order valence-corrected chi connectivity index (χ2v) is 10.6. The van der Waals surface area contributed by atoms with Crippen LogP contribution in [-0.2, 0) is 17.5 Å². The maximum atomic E-state index is 13.2. The molecule has 0 bridgehead atoms. The molecule has 0 aromatic heterocycles. The van der Waals surface area contributed by atoms with Gasteiger partial charge in [0.25, 0.3) is 5.91 Å². The maximum Gasteiger partial charge on any atom is 0.416 e. The molecule has 1 N–H and O–H groups in total. The van der Waals surface area contributed by atoms with Crippen LogP contribution >= 0.6 is 11.6 Å². The monoisotopic (exact) mass is 553 g/mol. The van der Waals surface area contributed by atoms with Crippen LogP contribution in [-0.4, -0.2) is 37.0 Å². The quantitative estimate of drug-likeness (QED) is 0.340. The fraction of sp³-hybridized carbons (Fsp3) is 0.323. The van der Waals surface area contributed by atoms with E-state index in [9.17, 15) is 18.0 Å². The van der Waals surface area contributed by atoms with Gasteiger partial charge in [0.15, 0.2) is 0 Å². The number of anilines is 2. The average Bonchev–Trinajstić information content (AvgIpc) is 2.94. The average molecular weight is 554 g/mol. The predicted molar refractivity (Wildman–Crippen MR) is 151 cm³/mol. The van der Waals surface area contributed by atoms with Crippen molar-refractivity contribution in [2.24, 2.45) is 0 Å². The van der Waals surface area contributed by atoms with E-state index in [4.69, 9.17) is 11.6 Å². The lowest BCUT2D eigenvalue weighted by molar-refractivity contribution is -0.137. The number of nitrogens with zero attached hydrogens (tertiary/aromatic N) is 2. The van der Waals surface area contributed by atoms with Crippen LogP contribution in [0.3, 0.4) is 0 Å². The number of allylic oxidation sites excluding steroid dienone is 1. The number of halogens is 4. The fourth-order valence-electron chi connectivity index (χ4n) is 5.35. The van der Waals surface area contributed by atoms with Crippen molar-refractivity contribution in [3.8, 4) is 0 Å². The molecule has 0 saturated carbocycles. The first-order chi connectivity index (χ1) is 18.8. The van der Waals surface area contributed by atoms with E-state index in [0.29, 0.717) is 29.7 Å². The minimum atomic E-state index is -4.38. The van der Waals surface area contributed by atoms with Crippen LogP contribution in [0.5, 0.6) is 0 Å². The first kappa shape index (κ1) is 27.3. The van der Waals surface area contributed by atoms with Crippen LogP contribution in [0, 0.1) is 0 Å². The van der Waals surface area contributed by atoms with E-state index in [1.54, 1.807) is 0 Å². The summed E-state index contributed by atoms with van der Waals surface area (Å²) in [6.07, 6.45) is -1.30. The largest absolute Gasteiger partial charge is 0.416 e. The minimum absolute atomic E-state index is 0.188. The highest BCUT2D eigenvalue weighted by atomic mass is 35.5. The molecule has 4 nitrogen and oxygen atoms in total. The molecule has 1 heterocycles. The van der Waals surface area contributed by atoms with E-state index in [1.807, 2.05) is 42.5 Å². The smallest absolute Gasteiger partial charge is 0.369 e. The second-order valence-electron chi connectivity index (χ2n) is 10.1. The standard InChI is InChI=1S/C31H31ClF3N3O/c32-25-5-3-4-22(20-25)21-37-16-18-38(19-17-37)27-14-12-26(13-15-27)36-30(39)29-7-2-1-6-28(29)23-8-10-24(11-9-23)31(33,34)35/h3-5,8-15,20H,1-2,6-7,16-19,21H2,(H,36,39). The predicted octanol–water partition coefficient (Wildman–Crippen LogP) is 7.65. The van der Waals surface area contributed by atoms with Gasteiger partial charge in [-0.2, -0.15) is 13.2 Å². The maximum absolute atomic E-state index is 13.2. The molecule has 8 heteroatoms. The molecule has 0 spiro atoms. The third kappa shape index (κ3) is 6.84. The second kappa shape index (κ2) is 11.8. The molecule has 1 fully saturated rings. The lowest BCUT2D eigenvalue weighted by Crippen LogP contribution is -2.45. The Morgan fingerprint density at radius 1 is 0.872 bits per heavy atom. The van der Waals surface area contributed by atoms with Gasteiger partial charge >= 0.3 is 6.18 Å². The van der Waals surface area contributed by atoms with Gasteiger partial charge in [-0.25, -0.2) is 0 Å². The summed E-state index contributed by atoms with van der Waals surface area (Å²) in [5.41, 5.74) is 4.51. The van der Waals surface area contributed by atoms with Crippen LogP contribution in [0.15, 0.2) is 78.4 Å². The highest BCUT2D eigenvalue weighted by molar-refractivity contribution is 6.30. The topological polar surface area (TPSA) is 35.6 Å². The Balaban J connectivity index is 1.20. The van der Waals surface area contributed by atoms with E-state index in [0.717, 1.165) is 74.0 Å². The van der Waals surface area contributed by atoms with Crippen molar-refractivity contribution < 1.29 is 18.0 Å². The van der Waals surface area contributed by atoms with Crippen LogP contribution in [0.2, 0.25) is 5.02 Å². The highest BCUT2D eigenvalue weighted by Gasteiger charge is 2.30. The van der Waals surface area contributed by atoms with Gasteiger partial charge in [0.2, 0.25) is 0 Å². The zero-order chi connectivity index (χ0) is 27.4. The molecule has 1 aliphatic carbocycles. The summed E-state index contributed by atoms with van der Waals surface area (Å²) in [6, 6.07) is 21.0. The molecule has 39 heavy (non-hydrogen) atoms. The summed E-state index contributed by atoms with van der Waals surface area (Å²) >= 11 is 6.12. The van der Waals surface area contributed by atoms with Crippen molar-refractivity contribution in [2.45, 2.75) is 38.4 Å². The number of alkyl halides is 3. The van der Waals surface area contributed by atoms with Crippen molar-refractivity contribution in [2.75, 3.05) is 36.4 Å². The van der Waals surface area contributed by atoms with Crippen molar-refractivity contribution in [1.82, 2.24) is 4.90 Å². The summed E-state index contributed by atoms with van der Waals surface area (Å²) in [6.45, 7) is 4.60. The molecule has 1 aliphatic heterocycles. The van der Waals surface area contributed by atoms with E-state index >= 15 is 0 Å². The summed E-state index contributed by atoms with van der Waals surface area (Å²) in [5.74, 6) is -0.188. The number of amides is 1. The van der Waals surface area contributed by atoms with Crippen molar-refractivity contribution in [1.29, 1.82) is 0 Å². The van der Waals surface area contributed by atoms with Crippen molar-refractivity contribution in [3.63, 3.8) is 0 Å². The van der Waals surface area contributed by atoms with Crippen LogP contribution in [0.25, 0.3) is 5.57 Å². The normalized spacial score (nSPS) is 16.9. The molecular weight excluding hydrogens is 523 g/mol. The zero-order valence-corrected chi connectivity index (χ0v) is 22.4. The number of rotatable bonds is 6.